The van der Waals surface area contributed by atoms with Gasteiger partial charge < -0.3 is 9.80 Å². The van der Waals surface area contributed by atoms with Crippen LogP contribution in [0.4, 0.5) is 34.1 Å². The first-order chi connectivity index (χ1) is 34.3. The third-order valence-corrected chi connectivity index (χ3v) is 14.3. The second kappa shape index (κ2) is 16.7. The van der Waals surface area contributed by atoms with Gasteiger partial charge in [-0.05, 0) is 115 Å². The number of benzene rings is 11. The Bertz CT molecular complexity index is 3480. The van der Waals surface area contributed by atoms with Crippen molar-refractivity contribution < 1.29 is 0 Å². The van der Waals surface area contributed by atoms with Crippen LogP contribution in [0.25, 0.3) is 55.6 Å². The van der Waals surface area contributed by atoms with Gasteiger partial charge >= 0.3 is 0 Å². The minimum absolute atomic E-state index is 0.606. The maximum Gasteiger partial charge on any atom is 0.0755 e. The lowest BCUT2D eigenvalue weighted by atomic mass is 9.64. The summed E-state index contributed by atoms with van der Waals surface area (Å²) in [6.07, 6.45) is 0. The highest BCUT2D eigenvalue weighted by atomic mass is 15.2. The average Bonchev–Trinajstić information content (AvgIpc) is 3.72. The van der Waals surface area contributed by atoms with Gasteiger partial charge in [0, 0.05) is 22.5 Å². The fourth-order valence-corrected chi connectivity index (χ4v) is 11.3. The fourth-order valence-electron chi connectivity index (χ4n) is 11.3. The molecule has 0 bridgehead atoms. The minimum Gasteiger partial charge on any atom is -0.310 e. The molecule has 0 fully saturated rings. The molecular formula is C67H46N2. The molecule has 0 atom stereocenters. The highest BCUT2D eigenvalue weighted by Gasteiger charge is 2.52. The Morgan fingerprint density at radius 3 is 1.16 bits per heavy atom. The lowest BCUT2D eigenvalue weighted by Crippen LogP contribution is -2.36. The SMILES string of the molecule is c1ccc(-c2ccc(-c3ccccc3N(c3ccc4c(c3)C3(c5ccccc5-4)c4ccccc4N(c4ccccc4)c4ccccc43)c3ccccc3-c3ccc(-c4ccccc4)cc3)cc2)cc1. The summed E-state index contributed by atoms with van der Waals surface area (Å²) < 4.78 is 0. The van der Waals surface area contributed by atoms with Gasteiger partial charge in [0.25, 0.3) is 0 Å². The lowest BCUT2D eigenvalue weighted by molar-refractivity contribution is 0.752. The van der Waals surface area contributed by atoms with Gasteiger partial charge in [0.15, 0.2) is 0 Å². The Labute approximate surface area is 404 Å². The Balaban J connectivity index is 1.05. The summed E-state index contributed by atoms with van der Waals surface area (Å²) in [6.45, 7) is 0. The van der Waals surface area contributed by atoms with E-state index in [4.69, 9.17) is 0 Å². The molecule has 0 unspecified atom stereocenters. The van der Waals surface area contributed by atoms with Crippen molar-refractivity contribution in [3.05, 3.63) is 301 Å². The van der Waals surface area contributed by atoms with Crippen LogP contribution in [0, 0.1) is 0 Å². The predicted molar refractivity (Wildman–Crippen MR) is 288 cm³/mol. The van der Waals surface area contributed by atoms with Gasteiger partial charge in [-0.3, -0.25) is 0 Å². The molecular weight excluding hydrogens is 833 g/mol. The summed E-state index contributed by atoms with van der Waals surface area (Å²) in [5.41, 5.74) is 23.2. The van der Waals surface area contributed by atoms with Gasteiger partial charge in [0.05, 0.1) is 28.2 Å². The Morgan fingerprint density at radius 2 is 0.638 bits per heavy atom. The molecule has 0 amide bonds. The van der Waals surface area contributed by atoms with E-state index in [0.29, 0.717) is 0 Å². The molecule has 1 aliphatic carbocycles. The number of nitrogens with zero attached hydrogens (tertiary/aromatic N) is 2. The number of hydrogen-bond donors (Lipinski definition) is 0. The van der Waals surface area contributed by atoms with Crippen molar-refractivity contribution >= 4 is 34.1 Å². The van der Waals surface area contributed by atoms with E-state index in [1.54, 1.807) is 0 Å². The van der Waals surface area contributed by atoms with Crippen molar-refractivity contribution in [2.75, 3.05) is 9.80 Å². The molecule has 324 valence electrons. The standard InChI is InChI=1S/C67H46N2/c1-4-20-47(21-5-1)49-36-40-51(41-37-49)55-26-11-16-32-63(55)69(64-33-17-12-27-56(64)52-42-38-50(39-43-52)48-22-6-2-7-23-48)54-44-45-58-57-28-10-13-29-59(57)67(62(58)46-54)60-30-14-18-34-65(60)68(53-24-8-3-9-25-53)66-35-19-15-31-61(66)67/h1-46H. The monoisotopic (exact) mass is 878 g/mol. The molecule has 2 nitrogen and oxygen atoms in total. The maximum atomic E-state index is 2.51. The van der Waals surface area contributed by atoms with Crippen LogP contribution >= 0.6 is 0 Å². The van der Waals surface area contributed by atoms with Crippen LogP contribution < -0.4 is 9.80 Å². The zero-order chi connectivity index (χ0) is 45.7. The molecule has 0 radical (unpaired) electrons. The van der Waals surface area contributed by atoms with E-state index >= 15 is 0 Å². The van der Waals surface area contributed by atoms with E-state index in [0.717, 1.165) is 45.0 Å². The minimum atomic E-state index is -0.606. The molecule has 2 aliphatic rings. The Morgan fingerprint density at radius 1 is 0.261 bits per heavy atom. The van der Waals surface area contributed by atoms with E-state index in [1.165, 1.54) is 67.0 Å². The number of hydrogen-bond acceptors (Lipinski definition) is 2. The summed E-state index contributed by atoms with van der Waals surface area (Å²) in [5, 5.41) is 0. The summed E-state index contributed by atoms with van der Waals surface area (Å²) in [4.78, 5) is 4.96. The van der Waals surface area contributed by atoms with E-state index in [2.05, 4.69) is 289 Å². The zero-order valence-electron chi connectivity index (χ0n) is 38.0. The normalized spacial score (nSPS) is 12.7. The molecule has 1 spiro atoms. The third-order valence-electron chi connectivity index (χ3n) is 14.3. The van der Waals surface area contributed by atoms with Crippen LogP contribution in [0.15, 0.2) is 279 Å². The highest BCUT2D eigenvalue weighted by molar-refractivity contribution is 5.99. The van der Waals surface area contributed by atoms with Crippen molar-refractivity contribution in [3.63, 3.8) is 0 Å². The van der Waals surface area contributed by atoms with E-state index in [1.807, 2.05) is 0 Å². The molecule has 11 aromatic carbocycles. The lowest BCUT2D eigenvalue weighted by Gasteiger charge is -2.45. The predicted octanol–water partition coefficient (Wildman–Crippen LogP) is 18.0. The maximum absolute atomic E-state index is 2.51. The number of para-hydroxylation sites is 5. The van der Waals surface area contributed by atoms with Crippen LogP contribution in [0.3, 0.4) is 0 Å². The number of fused-ring (bicyclic) bond motifs is 9. The highest BCUT2D eigenvalue weighted by Crippen LogP contribution is 2.64. The van der Waals surface area contributed by atoms with Crippen molar-refractivity contribution in [2.24, 2.45) is 0 Å². The van der Waals surface area contributed by atoms with Crippen LogP contribution in [-0.4, -0.2) is 0 Å². The molecule has 0 saturated heterocycles. The molecule has 2 heteroatoms. The first-order valence-corrected chi connectivity index (χ1v) is 23.8. The van der Waals surface area contributed by atoms with Crippen LogP contribution in [-0.2, 0) is 5.41 Å². The van der Waals surface area contributed by atoms with Gasteiger partial charge in [0.2, 0.25) is 0 Å². The Hall–Kier alpha value is -8.98. The van der Waals surface area contributed by atoms with Gasteiger partial charge in [-0.15, -0.1) is 0 Å². The van der Waals surface area contributed by atoms with Crippen LogP contribution in [0.2, 0.25) is 0 Å². The van der Waals surface area contributed by atoms with E-state index in [9.17, 15) is 0 Å². The second-order valence-corrected chi connectivity index (χ2v) is 18.0. The van der Waals surface area contributed by atoms with Crippen molar-refractivity contribution in [1.29, 1.82) is 0 Å². The van der Waals surface area contributed by atoms with Crippen LogP contribution in [0.5, 0.6) is 0 Å². The second-order valence-electron chi connectivity index (χ2n) is 18.0. The molecule has 0 N–H and O–H groups in total. The molecule has 69 heavy (non-hydrogen) atoms. The first-order valence-electron chi connectivity index (χ1n) is 23.8. The third kappa shape index (κ3) is 6.56. The molecule has 0 saturated carbocycles. The molecule has 0 aromatic heterocycles. The topological polar surface area (TPSA) is 6.48 Å². The van der Waals surface area contributed by atoms with Gasteiger partial charge in [-0.1, -0.05) is 231 Å². The van der Waals surface area contributed by atoms with E-state index < -0.39 is 5.41 Å². The smallest absolute Gasteiger partial charge is 0.0755 e. The van der Waals surface area contributed by atoms with Crippen molar-refractivity contribution in [1.82, 2.24) is 0 Å². The zero-order valence-corrected chi connectivity index (χ0v) is 38.0. The molecule has 11 aromatic rings. The van der Waals surface area contributed by atoms with E-state index in [-0.39, 0.29) is 0 Å². The summed E-state index contributed by atoms with van der Waals surface area (Å²) >= 11 is 0. The largest absolute Gasteiger partial charge is 0.310 e. The van der Waals surface area contributed by atoms with Gasteiger partial charge in [0.1, 0.15) is 0 Å². The fraction of sp³-hybridized carbons (Fsp3) is 0.0149. The average molecular weight is 879 g/mol. The van der Waals surface area contributed by atoms with Gasteiger partial charge in [-0.2, -0.15) is 0 Å². The number of anilines is 6. The summed E-state index contributed by atoms with van der Waals surface area (Å²) in [6, 6.07) is 102. The first kappa shape index (κ1) is 40.3. The Kier molecular flexibility index (Phi) is 9.77. The quantitative estimate of drug-likeness (QED) is 0.150. The molecule has 1 heterocycles. The summed E-state index contributed by atoms with van der Waals surface area (Å²) in [5.74, 6) is 0. The van der Waals surface area contributed by atoms with Crippen LogP contribution in [0.1, 0.15) is 22.3 Å². The molecule has 1 aliphatic heterocycles. The summed E-state index contributed by atoms with van der Waals surface area (Å²) in [7, 11) is 0. The van der Waals surface area contributed by atoms with Crippen molar-refractivity contribution in [2.45, 2.75) is 5.41 Å². The number of rotatable bonds is 8. The van der Waals surface area contributed by atoms with Crippen molar-refractivity contribution in [3.8, 4) is 55.6 Å². The molecule has 13 rings (SSSR count). The van der Waals surface area contributed by atoms with Gasteiger partial charge in [-0.25, -0.2) is 0 Å².